The summed E-state index contributed by atoms with van der Waals surface area (Å²) in [5, 5.41) is 3.40. The van der Waals surface area contributed by atoms with Crippen LogP contribution in [0.3, 0.4) is 0 Å². The molecule has 0 aliphatic carbocycles. The van der Waals surface area contributed by atoms with Crippen molar-refractivity contribution in [2.45, 2.75) is 13.0 Å². The first-order valence-electron chi connectivity index (χ1n) is 6.17. The Bertz CT molecular complexity index is 640. The third-order valence-corrected chi connectivity index (χ3v) is 4.75. The van der Waals surface area contributed by atoms with Crippen LogP contribution >= 0.6 is 47.8 Å². The van der Waals surface area contributed by atoms with Crippen molar-refractivity contribution in [1.82, 2.24) is 0 Å². The maximum atomic E-state index is 13.5. The third-order valence-electron chi connectivity index (χ3n) is 3.04. The summed E-state index contributed by atoms with van der Waals surface area (Å²) in [4.78, 5) is 0. The molecule has 0 bridgehead atoms. The molecule has 0 saturated heterocycles. The van der Waals surface area contributed by atoms with Gasteiger partial charge in [0.1, 0.15) is 0 Å². The molecule has 0 spiro atoms. The van der Waals surface area contributed by atoms with Crippen molar-refractivity contribution in [3.8, 4) is 5.75 Å². The van der Waals surface area contributed by atoms with Crippen LogP contribution in [-0.2, 0) is 0 Å². The summed E-state index contributed by atoms with van der Waals surface area (Å²) in [6.07, 6.45) is 0. The molecule has 112 valence electrons. The van der Waals surface area contributed by atoms with Crippen LogP contribution in [0.2, 0.25) is 0 Å². The lowest BCUT2D eigenvalue weighted by atomic mass is 10.1. The van der Waals surface area contributed by atoms with E-state index in [0.717, 1.165) is 24.7 Å². The van der Waals surface area contributed by atoms with E-state index < -0.39 is 0 Å². The molecular weight excluding hydrogens is 469 g/mol. The van der Waals surface area contributed by atoms with Gasteiger partial charge in [-0.25, -0.2) is 4.39 Å². The SMILES string of the molecule is COc1cc(C(C)Nc2c(Br)cc(Br)cc2Br)ccc1F. The van der Waals surface area contributed by atoms with E-state index in [-0.39, 0.29) is 17.6 Å². The van der Waals surface area contributed by atoms with E-state index in [4.69, 9.17) is 4.74 Å². The Balaban J connectivity index is 2.28. The van der Waals surface area contributed by atoms with Crippen molar-refractivity contribution in [3.05, 3.63) is 55.1 Å². The average molecular weight is 482 g/mol. The van der Waals surface area contributed by atoms with Gasteiger partial charge >= 0.3 is 0 Å². The van der Waals surface area contributed by atoms with Gasteiger partial charge in [0.15, 0.2) is 11.6 Å². The van der Waals surface area contributed by atoms with Gasteiger partial charge in [-0.1, -0.05) is 22.0 Å². The largest absolute Gasteiger partial charge is 0.494 e. The highest BCUT2D eigenvalue weighted by molar-refractivity contribution is 9.11. The summed E-state index contributed by atoms with van der Waals surface area (Å²) >= 11 is 10.5. The molecule has 1 unspecified atom stereocenters. The number of hydrogen-bond acceptors (Lipinski definition) is 2. The molecule has 21 heavy (non-hydrogen) atoms. The number of halogens is 4. The lowest BCUT2D eigenvalue weighted by Gasteiger charge is -2.19. The molecule has 2 rings (SSSR count). The van der Waals surface area contributed by atoms with Crippen molar-refractivity contribution in [3.63, 3.8) is 0 Å². The quantitative estimate of drug-likeness (QED) is 0.553. The van der Waals surface area contributed by atoms with E-state index in [0.29, 0.717) is 0 Å². The van der Waals surface area contributed by atoms with E-state index in [2.05, 4.69) is 53.1 Å². The van der Waals surface area contributed by atoms with Crippen molar-refractivity contribution in [2.75, 3.05) is 12.4 Å². The minimum atomic E-state index is -0.362. The van der Waals surface area contributed by atoms with Crippen LogP contribution in [0.4, 0.5) is 10.1 Å². The first-order valence-corrected chi connectivity index (χ1v) is 8.54. The van der Waals surface area contributed by atoms with Crippen LogP contribution in [0.15, 0.2) is 43.7 Å². The summed E-state index contributed by atoms with van der Waals surface area (Å²) < 4.78 is 21.3. The number of methoxy groups -OCH3 is 1. The maximum Gasteiger partial charge on any atom is 0.165 e. The lowest BCUT2D eigenvalue weighted by Crippen LogP contribution is -2.08. The Morgan fingerprint density at radius 3 is 2.29 bits per heavy atom. The van der Waals surface area contributed by atoms with E-state index >= 15 is 0 Å². The highest BCUT2D eigenvalue weighted by Crippen LogP contribution is 2.36. The molecule has 2 aromatic rings. The Kier molecular flexibility index (Phi) is 5.68. The average Bonchev–Trinajstić information content (AvgIpc) is 2.43. The van der Waals surface area contributed by atoms with Gasteiger partial charge in [0.05, 0.1) is 12.8 Å². The minimum absolute atomic E-state index is 0.00623. The number of rotatable bonds is 4. The molecule has 1 atom stereocenters. The first-order chi connectivity index (χ1) is 9.92. The molecule has 0 radical (unpaired) electrons. The van der Waals surface area contributed by atoms with Gasteiger partial charge in [0.25, 0.3) is 0 Å². The van der Waals surface area contributed by atoms with Crippen molar-refractivity contribution >= 4 is 53.5 Å². The second-order valence-electron chi connectivity index (χ2n) is 4.50. The fourth-order valence-electron chi connectivity index (χ4n) is 1.93. The van der Waals surface area contributed by atoms with Crippen molar-refractivity contribution in [1.29, 1.82) is 0 Å². The zero-order valence-corrected chi connectivity index (χ0v) is 16.1. The third kappa shape index (κ3) is 3.99. The second kappa shape index (κ2) is 7.11. The Hall–Kier alpha value is -0.590. The number of benzene rings is 2. The molecule has 0 aliphatic rings. The van der Waals surface area contributed by atoms with Gasteiger partial charge in [-0.05, 0) is 68.6 Å². The molecule has 1 N–H and O–H groups in total. The van der Waals surface area contributed by atoms with E-state index in [1.54, 1.807) is 12.1 Å². The topological polar surface area (TPSA) is 21.3 Å². The molecule has 0 aliphatic heterocycles. The lowest BCUT2D eigenvalue weighted by molar-refractivity contribution is 0.385. The first kappa shape index (κ1) is 16.8. The number of nitrogens with one attached hydrogen (secondary N) is 1. The van der Waals surface area contributed by atoms with Gasteiger partial charge in [-0.15, -0.1) is 0 Å². The standard InChI is InChI=1S/C15H13Br3FNO/c1-8(9-3-4-13(19)14(5-9)21-2)20-15-11(17)6-10(16)7-12(15)18/h3-8,20H,1-2H3. The molecule has 0 heterocycles. The van der Waals surface area contributed by atoms with Crippen LogP contribution in [0.25, 0.3) is 0 Å². The van der Waals surface area contributed by atoms with Crippen molar-refractivity contribution < 1.29 is 9.13 Å². The van der Waals surface area contributed by atoms with Crippen LogP contribution in [0.1, 0.15) is 18.5 Å². The number of ether oxygens (including phenoxy) is 1. The molecule has 2 aromatic carbocycles. The van der Waals surface area contributed by atoms with Gasteiger partial charge in [0, 0.05) is 19.5 Å². The summed E-state index contributed by atoms with van der Waals surface area (Å²) in [5.41, 5.74) is 1.88. The predicted octanol–water partition coefficient (Wildman–Crippen LogP) is 6.29. The van der Waals surface area contributed by atoms with Gasteiger partial charge < -0.3 is 10.1 Å². The number of anilines is 1. The van der Waals surface area contributed by atoms with E-state index in [1.807, 2.05) is 19.1 Å². The predicted molar refractivity (Wildman–Crippen MR) is 94.5 cm³/mol. The molecule has 2 nitrogen and oxygen atoms in total. The van der Waals surface area contributed by atoms with Crippen molar-refractivity contribution in [2.24, 2.45) is 0 Å². The Morgan fingerprint density at radius 1 is 1.10 bits per heavy atom. The van der Waals surface area contributed by atoms with Gasteiger partial charge in [-0.2, -0.15) is 0 Å². The molecule has 6 heteroatoms. The van der Waals surface area contributed by atoms with Gasteiger partial charge in [0.2, 0.25) is 0 Å². The summed E-state index contributed by atoms with van der Waals surface area (Å²) in [6.45, 7) is 2.01. The molecule has 0 aromatic heterocycles. The fraction of sp³-hybridized carbons (Fsp3) is 0.200. The van der Waals surface area contributed by atoms with Crippen LogP contribution in [0, 0.1) is 5.82 Å². The second-order valence-corrected chi connectivity index (χ2v) is 7.13. The van der Waals surface area contributed by atoms with Crippen LogP contribution < -0.4 is 10.1 Å². The molecule has 0 amide bonds. The minimum Gasteiger partial charge on any atom is -0.494 e. The summed E-state index contributed by atoms with van der Waals surface area (Å²) in [5.74, 6) is -0.116. The van der Waals surface area contributed by atoms with Crippen LogP contribution in [0.5, 0.6) is 5.75 Å². The zero-order valence-electron chi connectivity index (χ0n) is 11.4. The zero-order chi connectivity index (χ0) is 15.6. The monoisotopic (exact) mass is 479 g/mol. The normalized spacial score (nSPS) is 12.1. The van der Waals surface area contributed by atoms with E-state index in [1.165, 1.54) is 13.2 Å². The smallest absolute Gasteiger partial charge is 0.165 e. The highest BCUT2D eigenvalue weighted by atomic mass is 79.9. The molecule has 0 fully saturated rings. The highest BCUT2D eigenvalue weighted by Gasteiger charge is 2.13. The molecular formula is C15H13Br3FNO. The molecule has 0 saturated carbocycles. The Morgan fingerprint density at radius 2 is 1.71 bits per heavy atom. The summed E-state index contributed by atoms with van der Waals surface area (Å²) in [7, 11) is 1.46. The fourth-order valence-corrected chi connectivity index (χ4v) is 4.41. The van der Waals surface area contributed by atoms with E-state index in [9.17, 15) is 4.39 Å². The summed E-state index contributed by atoms with van der Waals surface area (Å²) in [6, 6.07) is 8.78. The van der Waals surface area contributed by atoms with Gasteiger partial charge in [-0.3, -0.25) is 0 Å². The van der Waals surface area contributed by atoms with Crippen LogP contribution in [-0.4, -0.2) is 7.11 Å². The maximum absolute atomic E-state index is 13.5. The number of hydrogen-bond donors (Lipinski definition) is 1. The Labute approximate surface area is 148 Å².